The van der Waals surface area contributed by atoms with E-state index >= 15 is 0 Å². The Kier molecular flexibility index (Phi) is 7.19. The van der Waals surface area contributed by atoms with E-state index in [1.165, 1.54) is 0 Å². The molecule has 2 N–H and O–H groups in total. The van der Waals surface area contributed by atoms with E-state index in [-0.39, 0.29) is 18.5 Å². The van der Waals surface area contributed by atoms with Crippen molar-refractivity contribution in [2.45, 2.75) is 26.4 Å². The van der Waals surface area contributed by atoms with Crippen molar-refractivity contribution < 1.29 is 31.7 Å². The van der Waals surface area contributed by atoms with Crippen molar-refractivity contribution in [2.24, 2.45) is 0 Å². The number of amides is 1. The van der Waals surface area contributed by atoms with Gasteiger partial charge in [-0.1, -0.05) is 6.92 Å². The number of carbonyl (C=O) groups excluding carboxylic acids is 1. The normalized spacial score (nSPS) is 11.0. The lowest BCUT2D eigenvalue weighted by Gasteiger charge is -2.12. The number of anilines is 1. The first kappa shape index (κ1) is 17.8. The van der Waals surface area contributed by atoms with Gasteiger partial charge in [0.15, 0.2) is 11.9 Å². The molecule has 5 nitrogen and oxygen atoms in total. The average molecular weight is 323 g/mol. The van der Waals surface area contributed by atoms with Crippen molar-refractivity contribution in [1.29, 1.82) is 0 Å². The summed E-state index contributed by atoms with van der Waals surface area (Å²) in [7, 11) is 0. The Morgan fingerprint density at radius 2 is 1.95 bits per heavy atom. The Bertz CT molecular complexity index is 576. The predicted octanol–water partition coefficient (Wildman–Crippen LogP) is 0.644. The van der Waals surface area contributed by atoms with Crippen LogP contribution in [0.2, 0.25) is 0 Å². The van der Waals surface area contributed by atoms with Crippen molar-refractivity contribution in [3.05, 3.63) is 48.8 Å². The summed E-state index contributed by atoms with van der Waals surface area (Å²) < 4.78 is 10.8. The lowest BCUT2D eigenvalue weighted by molar-refractivity contribution is -0.378. The third-order valence-corrected chi connectivity index (χ3v) is 2.90. The van der Waals surface area contributed by atoms with E-state index in [2.05, 4.69) is 10.3 Å². The zero-order valence-corrected chi connectivity index (χ0v) is 13.3. The van der Waals surface area contributed by atoms with Crippen LogP contribution in [0.1, 0.15) is 20.3 Å². The first-order chi connectivity index (χ1) is 10.2. The second kappa shape index (κ2) is 8.89. The molecule has 0 bridgehead atoms. The fraction of sp³-hybridized carbons (Fsp3) is 0.250. The van der Waals surface area contributed by atoms with Crippen LogP contribution in [0.3, 0.4) is 0 Å². The molecule has 1 amide bonds. The number of carbonyl (C=O) groups is 1. The van der Waals surface area contributed by atoms with E-state index in [0.29, 0.717) is 11.4 Å². The van der Waals surface area contributed by atoms with E-state index < -0.39 is 6.09 Å². The predicted molar refractivity (Wildman–Crippen MR) is 79.4 cm³/mol. The maximum atomic E-state index is 11.6. The van der Waals surface area contributed by atoms with Gasteiger partial charge in [0.25, 0.3) is 0 Å². The Balaban J connectivity index is 0.00000242. The number of hydrogen-bond donors (Lipinski definition) is 1. The van der Waals surface area contributed by atoms with Gasteiger partial charge in [0.05, 0.1) is 0 Å². The van der Waals surface area contributed by atoms with Crippen LogP contribution >= 0.6 is 0 Å². The van der Waals surface area contributed by atoms with Crippen molar-refractivity contribution in [2.75, 3.05) is 5.32 Å². The standard InChI is InChI=1S/C16H18N2O3.ClH/c1-3-12(2)20-16(19)18-13-6-8-14(9-7-13)21-15-5-4-10-17-11-15;/h4-12H,3H2,1-2H3,(H,18,19);1H. The lowest BCUT2D eigenvalue weighted by Crippen LogP contribution is -3.00. The molecule has 6 heteroatoms. The first-order valence-electron chi connectivity index (χ1n) is 6.89. The molecule has 2 rings (SSSR count). The Morgan fingerprint density at radius 3 is 2.55 bits per heavy atom. The molecule has 1 unspecified atom stereocenters. The number of ether oxygens (including phenoxy) is 2. The van der Waals surface area contributed by atoms with E-state index in [0.717, 1.165) is 12.2 Å². The summed E-state index contributed by atoms with van der Waals surface area (Å²) in [4.78, 5) is 14.5. The van der Waals surface area contributed by atoms with E-state index in [1.807, 2.05) is 32.2 Å². The molecule has 2 aromatic rings. The Morgan fingerprint density at radius 1 is 1.23 bits per heavy atom. The Hall–Kier alpha value is -2.27. The van der Waals surface area contributed by atoms with Gasteiger partial charge in [0.2, 0.25) is 6.20 Å². The molecule has 0 saturated heterocycles. The highest BCUT2D eigenvalue weighted by Gasteiger charge is 2.07. The van der Waals surface area contributed by atoms with Crippen LogP contribution in [0, 0.1) is 0 Å². The van der Waals surface area contributed by atoms with Gasteiger partial charge in [-0.25, -0.2) is 9.78 Å². The molecule has 0 spiro atoms. The second-order valence-electron chi connectivity index (χ2n) is 4.61. The van der Waals surface area contributed by atoms with Crippen LogP contribution < -0.4 is 27.4 Å². The van der Waals surface area contributed by atoms with Gasteiger partial charge in [0, 0.05) is 11.8 Å². The second-order valence-corrected chi connectivity index (χ2v) is 4.61. The van der Waals surface area contributed by atoms with Crippen LogP contribution in [-0.4, -0.2) is 12.2 Å². The van der Waals surface area contributed by atoms with E-state index in [4.69, 9.17) is 9.47 Å². The molecule has 0 aliphatic rings. The smallest absolute Gasteiger partial charge is 0.411 e. The number of H-pyrrole nitrogens is 1. The minimum Gasteiger partial charge on any atom is -1.00 e. The summed E-state index contributed by atoms with van der Waals surface area (Å²) in [6, 6.07) is 10.8. The molecule has 1 aromatic heterocycles. The van der Waals surface area contributed by atoms with Crippen molar-refractivity contribution in [3.63, 3.8) is 0 Å². The van der Waals surface area contributed by atoms with Gasteiger partial charge in [-0.15, -0.1) is 0 Å². The monoisotopic (exact) mass is 322 g/mol. The van der Waals surface area contributed by atoms with Crippen LogP contribution in [0.4, 0.5) is 10.5 Å². The van der Waals surface area contributed by atoms with Crippen molar-refractivity contribution in [3.8, 4) is 11.5 Å². The maximum absolute atomic E-state index is 11.6. The molecule has 0 radical (unpaired) electrons. The number of rotatable bonds is 5. The molecule has 0 aliphatic carbocycles. The zero-order valence-electron chi connectivity index (χ0n) is 12.5. The molecule has 1 heterocycles. The molecule has 0 saturated carbocycles. The minimum absolute atomic E-state index is 0. The summed E-state index contributed by atoms with van der Waals surface area (Å²) in [6.45, 7) is 3.82. The molecule has 118 valence electrons. The van der Waals surface area contributed by atoms with Crippen molar-refractivity contribution >= 4 is 11.8 Å². The summed E-state index contributed by atoms with van der Waals surface area (Å²) >= 11 is 0. The van der Waals surface area contributed by atoms with Crippen LogP contribution in [0.25, 0.3) is 0 Å². The molecular weight excluding hydrogens is 304 g/mol. The summed E-state index contributed by atoms with van der Waals surface area (Å²) in [5.41, 5.74) is 0.662. The highest BCUT2D eigenvalue weighted by molar-refractivity contribution is 5.84. The zero-order chi connectivity index (χ0) is 15.1. The number of halogens is 1. The van der Waals surface area contributed by atoms with Gasteiger partial charge >= 0.3 is 6.09 Å². The number of aromatic nitrogens is 1. The van der Waals surface area contributed by atoms with Gasteiger partial charge in [-0.3, -0.25) is 5.32 Å². The van der Waals surface area contributed by atoms with Crippen LogP contribution in [0.15, 0.2) is 48.8 Å². The van der Waals surface area contributed by atoms with E-state index in [1.54, 1.807) is 30.5 Å². The molecule has 1 aromatic carbocycles. The number of pyridine rings is 1. The van der Waals surface area contributed by atoms with Gasteiger partial charge in [0.1, 0.15) is 11.9 Å². The van der Waals surface area contributed by atoms with Gasteiger partial charge in [-0.05, 0) is 43.7 Å². The van der Waals surface area contributed by atoms with Crippen LogP contribution in [-0.2, 0) is 4.74 Å². The SMILES string of the molecule is CCC(C)OC(=O)Nc1ccc(Oc2ccc[nH+]c2)cc1.[Cl-]. The van der Waals surface area contributed by atoms with Crippen molar-refractivity contribution in [1.82, 2.24) is 0 Å². The largest absolute Gasteiger partial charge is 1.00 e. The highest BCUT2D eigenvalue weighted by atomic mass is 35.5. The Labute approximate surface area is 136 Å². The van der Waals surface area contributed by atoms with E-state index in [9.17, 15) is 4.79 Å². The topological polar surface area (TPSA) is 61.7 Å². The molecule has 22 heavy (non-hydrogen) atoms. The summed E-state index contributed by atoms with van der Waals surface area (Å²) in [5, 5.41) is 2.68. The quantitative estimate of drug-likeness (QED) is 0.879. The fourth-order valence-electron chi connectivity index (χ4n) is 1.60. The molecule has 0 fully saturated rings. The fourth-order valence-corrected chi connectivity index (χ4v) is 1.60. The summed E-state index contributed by atoms with van der Waals surface area (Å²) in [6.07, 6.45) is 3.81. The number of hydrogen-bond acceptors (Lipinski definition) is 3. The highest BCUT2D eigenvalue weighted by Crippen LogP contribution is 2.21. The minimum atomic E-state index is -0.448. The third kappa shape index (κ3) is 5.61. The number of nitrogens with one attached hydrogen (secondary N) is 2. The summed E-state index contributed by atoms with van der Waals surface area (Å²) in [5.74, 6) is 1.41. The number of aromatic amines is 1. The maximum Gasteiger partial charge on any atom is 0.411 e. The number of benzene rings is 1. The molecular formula is C16H19ClN2O3. The van der Waals surface area contributed by atoms with Gasteiger partial charge < -0.3 is 21.9 Å². The average Bonchev–Trinajstić information content (AvgIpc) is 2.50. The van der Waals surface area contributed by atoms with Crippen LogP contribution in [0.5, 0.6) is 11.5 Å². The third-order valence-electron chi connectivity index (χ3n) is 2.90. The lowest BCUT2D eigenvalue weighted by atomic mass is 10.3. The van der Waals surface area contributed by atoms with Gasteiger partial charge in [-0.2, -0.15) is 0 Å². The first-order valence-corrected chi connectivity index (χ1v) is 6.89. The molecule has 1 atom stereocenters. The molecule has 0 aliphatic heterocycles.